The summed E-state index contributed by atoms with van der Waals surface area (Å²) in [5.74, 6) is 0.633. The molecule has 0 spiro atoms. The smallest absolute Gasteiger partial charge is 0.548 e. The number of carboxylic acid groups (broad SMARTS) is 1. The Bertz CT molecular complexity index is 1470. The summed E-state index contributed by atoms with van der Waals surface area (Å²) in [7, 11) is 0. The zero-order valence-corrected chi connectivity index (χ0v) is 25.9. The van der Waals surface area contributed by atoms with Crippen LogP contribution >= 0.6 is 11.8 Å². The van der Waals surface area contributed by atoms with Crippen molar-refractivity contribution in [2.24, 2.45) is 0 Å². The Kier molecular flexibility index (Phi) is 12.6. The molecule has 1 aromatic heterocycles. The molecule has 0 aliphatic heterocycles. The van der Waals surface area contributed by atoms with Crippen molar-refractivity contribution >= 4 is 23.6 Å². The number of hydrogen-bond donors (Lipinski definition) is 1. The van der Waals surface area contributed by atoms with Gasteiger partial charge >= 0.3 is 18.9 Å². The monoisotopic (exact) mass is 576 g/mol. The van der Waals surface area contributed by atoms with Gasteiger partial charge in [-0.05, 0) is 85.7 Å². The summed E-state index contributed by atoms with van der Waals surface area (Å²) < 4.78 is 6.18. The number of thioether (sulfide) groups is 1. The number of carbonyl (C=O) groups is 2. The van der Waals surface area contributed by atoms with Gasteiger partial charge in [0.25, 0.3) is 5.91 Å². The number of amides is 1. The predicted octanol–water partition coefficient (Wildman–Crippen LogP) is 2.94. The zero-order chi connectivity index (χ0) is 29.4. The molecule has 0 unspecified atom stereocenters. The van der Waals surface area contributed by atoms with Gasteiger partial charge in [0.1, 0.15) is 11.5 Å². The number of carbonyl (C=O) groups excluding carboxylic acids is 2. The van der Waals surface area contributed by atoms with Crippen molar-refractivity contribution in [3.05, 3.63) is 107 Å². The fourth-order valence-electron chi connectivity index (χ4n) is 4.78. The van der Waals surface area contributed by atoms with E-state index in [1.54, 1.807) is 6.07 Å². The van der Waals surface area contributed by atoms with Crippen LogP contribution in [0, 0.1) is 6.92 Å². The predicted molar refractivity (Wildman–Crippen MR) is 164 cm³/mol. The van der Waals surface area contributed by atoms with Crippen LogP contribution in [-0.2, 0) is 17.9 Å². The van der Waals surface area contributed by atoms with Crippen molar-refractivity contribution in [3.8, 4) is 22.5 Å². The Morgan fingerprint density at radius 3 is 2.31 bits per heavy atom. The molecule has 0 aliphatic carbocycles. The summed E-state index contributed by atoms with van der Waals surface area (Å²) in [5.41, 5.74) is 5.26. The van der Waals surface area contributed by atoms with E-state index in [0.29, 0.717) is 30.8 Å². The Labute approximate surface area is 265 Å². The molecule has 0 radical (unpaired) electrons. The number of benzene rings is 3. The number of nitrogens with one attached hydrogen (secondary N) is 1. The molecule has 6 nitrogen and oxygen atoms in total. The Morgan fingerprint density at radius 2 is 1.64 bits per heavy atom. The van der Waals surface area contributed by atoms with Crippen LogP contribution in [0.15, 0.2) is 89.3 Å². The van der Waals surface area contributed by atoms with E-state index < -0.39 is 17.9 Å². The van der Waals surface area contributed by atoms with E-state index in [4.69, 9.17) is 4.42 Å². The van der Waals surface area contributed by atoms with Crippen LogP contribution in [0.25, 0.3) is 22.5 Å². The number of carboxylic acids is 1. The molecule has 0 aliphatic rings. The SMILES string of the molecule is CSCC[C@H](NC(=O)c1ccc(CN(Cc2ccc(-c3ccccc3)o2)C(C)C)cc1-c1ccccc1C)C(=O)[O-].[Li+]. The molecular formula is C34H37LiN2O4S. The molecule has 1 N–H and O–H groups in total. The molecule has 0 saturated heterocycles. The van der Waals surface area contributed by atoms with E-state index in [1.807, 2.05) is 92.0 Å². The molecular weight excluding hydrogens is 539 g/mol. The fraction of sp³-hybridized carbons (Fsp3) is 0.294. The molecule has 0 fully saturated rings. The minimum atomic E-state index is -1.28. The molecule has 8 heteroatoms. The van der Waals surface area contributed by atoms with E-state index >= 15 is 0 Å². The van der Waals surface area contributed by atoms with Crippen molar-refractivity contribution in [1.29, 1.82) is 0 Å². The molecule has 3 aromatic carbocycles. The Hall–Kier alpha value is -3.21. The van der Waals surface area contributed by atoms with Crippen molar-refractivity contribution in [2.45, 2.75) is 52.4 Å². The number of aryl methyl sites for hydroxylation is 1. The molecule has 42 heavy (non-hydrogen) atoms. The van der Waals surface area contributed by atoms with Gasteiger partial charge in [-0.3, -0.25) is 9.69 Å². The van der Waals surface area contributed by atoms with E-state index in [-0.39, 0.29) is 24.9 Å². The first kappa shape index (κ1) is 33.3. The maximum atomic E-state index is 13.4. The van der Waals surface area contributed by atoms with Crippen LogP contribution in [0.3, 0.4) is 0 Å². The molecule has 0 saturated carbocycles. The Balaban J connectivity index is 0.00000484. The van der Waals surface area contributed by atoms with Crippen LogP contribution in [0.4, 0.5) is 0 Å². The maximum Gasteiger partial charge on any atom is 1.00 e. The van der Waals surface area contributed by atoms with Gasteiger partial charge in [-0.15, -0.1) is 0 Å². The average Bonchev–Trinajstić information content (AvgIpc) is 3.44. The van der Waals surface area contributed by atoms with Gasteiger partial charge in [0.05, 0.1) is 18.6 Å². The molecule has 4 aromatic rings. The number of hydrogen-bond acceptors (Lipinski definition) is 6. The standard InChI is InChI=1S/C34H38N2O4S.Li/c1-23(2)36(22-27-15-17-32(40-27)26-11-6-5-7-12-26)21-25-14-16-29(30(20-25)28-13-9-8-10-24(28)3)33(37)35-31(34(38)39)18-19-41-4;/h5-17,20,23,31H,18-19,21-22H2,1-4H3,(H,35,37)(H,38,39);/q;+1/p-1/t31-;/m0./s1. The van der Waals surface area contributed by atoms with Crippen LogP contribution in [0.1, 0.15) is 47.5 Å². The minimum absolute atomic E-state index is 0. The van der Waals surface area contributed by atoms with Crippen molar-refractivity contribution in [3.63, 3.8) is 0 Å². The topological polar surface area (TPSA) is 85.6 Å². The summed E-state index contributed by atoms with van der Waals surface area (Å²) in [6.45, 7) is 7.59. The van der Waals surface area contributed by atoms with Crippen LogP contribution < -0.4 is 29.3 Å². The third-order valence-corrected chi connectivity index (χ3v) is 7.80. The van der Waals surface area contributed by atoms with Crippen molar-refractivity contribution in [2.75, 3.05) is 12.0 Å². The van der Waals surface area contributed by atoms with Crippen molar-refractivity contribution < 1.29 is 38.0 Å². The first-order valence-electron chi connectivity index (χ1n) is 13.8. The number of aliphatic carboxylic acids is 1. The second kappa shape index (κ2) is 15.9. The Morgan fingerprint density at radius 1 is 0.929 bits per heavy atom. The van der Waals surface area contributed by atoms with E-state index in [2.05, 4.69) is 24.1 Å². The molecule has 1 amide bonds. The largest absolute Gasteiger partial charge is 1.00 e. The summed E-state index contributed by atoms with van der Waals surface area (Å²) in [6, 6.07) is 27.0. The normalized spacial score (nSPS) is 11.8. The molecule has 0 bridgehead atoms. The van der Waals surface area contributed by atoms with Gasteiger partial charge in [-0.1, -0.05) is 60.7 Å². The average molecular weight is 577 g/mol. The van der Waals surface area contributed by atoms with Crippen LogP contribution in [-0.4, -0.2) is 40.9 Å². The van der Waals surface area contributed by atoms with Gasteiger partial charge in [0.2, 0.25) is 0 Å². The first-order valence-corrected chi connectivity index (χ1v) is 15.2. The van der Waals surface area contributed by atoms with Gasteiger partial charge in [-0.2, -0.15) is 11.8 Å². The summed E-state index contributed by atoms with van der Waals surface area (Å²) in [5, 5.41) is 14.4. The fourth-order valence-corrected chi connectivity index (χ4v) is 5.25. The van der Waals surface area contributed by atoms with E-state index in [9.17, 15) is 14.7 Å². The van der Waals surface area contributed by atoms with Gasteiger partial charge in [-0.25, -0.2) is 0 Å². The summed E-state index contributed by atoms with van der Waals surface area (Å²) >= 11 is 1.53. The first-order chi connectivity index (χ1) is 19.8. The number of furan rings is 1. The number of nitrogens with zero attached hydrogens (tertiary/aromatic N) is 1. The molecule has 214 valence electrons. The third kappa shape index (κ3) is 8.65. The van der Waals surface area contributed by atoms with Gasteiger partial charge in [0.15, 0.2) is 0 Å². The van der Waals surface area contributed by atoms with Crippen molar-refractivity contribution in [1.82, 2.24) is 10.2 Å². The van der Waals surface area contributed by atoms with Gasteiger partial charge in [0, 0.05) is 23.7 Å². The molecule has 1 heterocycles. The maximum absolute atomic E-state index is 13.4. The summed E-state index contributed by atoms with van der Waals surface area (Å²) in [6.07, 6.45) is 2.20. The molecule has 4 rings (SSSR count). The van der Waals surface area contributed by atoms with Crippen LogP contribution in [0.2, 0.25) is 0 Å². The third-order valence-electron chi connectivity index (χ3n) is 7.16. The quantitative estimate of drug-likeness (QED) is 0.247. The zero-order valence-electron chi connectivity index (χ0n) is 25.1. The summed E-state index contributed by atoms with van der Waals surface area (Å²) in [4.78, 5) is 27.4. The minimum Gasteiger partial charge on any atom is -0.548 e. The van der Waals surface area contributed by atoms with E-state index in [1.165, 1.54) is 11.8 Å². The number of rotatable bonds is 13. The second-order valence-electron chi connectivity index (χ2n) is 10.5. The molecule has 1 atom stereocenters. The van der Waals surface area contributed by atoms with Crippen LogP contribution in [0.5, 0.6) is 0 Å². The van der Waals surface area contributed by atoms with E-state index in [0.717, 1.165) is 39.3 Å². The second-order valence-corrected chi connectivity index (χ2v) is 11.4. The van der Waals surface area contributed by atoms with Gasteiger partial charge < -0.3 is 19.6 Å².